The topological polar surface area (TPSA) is 41.9 Å². The molecule has 1 N–H and O–H groups in total. The third-order valence-corrected chi connectivity index (χ3v) is 5.58. The van der Waals surface area contributed by atoms with E-state index in [0.29, 0.717) is 13.0 Å². The molecule has 0 heterocycles. The lowest BCUT2D eigenvalue weighted by Crippen LogP contribution is -2.23. The van der Waals surface area contributed by atoms with Crippen molar-refractivity contribution in [2.45, 2.75) is 33.3 Å². The van der Waals surface area contributed by atoms with E-state index in [2.05, 4.69) is 36.9 Å². The first-order valence-corrected chi connectivity index (χ1v) is 11.0. The third kappa shape index (κ3) is 5.20. The molecular weight excluding hydrogens is 386 g/mol. The van der Waals surface area contributed by atoms with Gasteiger partial charge in [-0.3, -0.25) is 0 Å². The highest BCUT2D eigenvalue weighted by molar-refractivity contribution is 5.85. The molecule has 0 radical (unpaired) electrons. The largest absolute Gasteiger partial charge is 0.497 e. The summed E-state index contributed by atoms with van der Waals surface area (Å²) in [5.41, 5.74) is 5.20. The van der Waals surface area contributed by atoms with Crippen LogP contribution >= 0.6 is 0 Å². The Labute approximate surface area is 186 Å². The Balaban J connectivity index is 2.14. The fourth-order valence-electron chi connectivity index (χ4n) is 3.99. The molecule has 0 aliphatic carbocycles. The standard InChI is InChI=1S/C27H33NO3/c1-5-28(6-2)27-23(14-11-15-26(27)31-7-3)24-19-22(30-4)17-16-21(24)18-25(29)20-12-9-8-10-13-20/h8-17,19,25,29H,5-7,18H2,1-4H3. The molecule has 0 aliphatic rings. The molecule has 0 aromatic heterocycles. The van der Waals surface area contributed by atoms with E-state index in [1.165, 1.54) is 0 Å². The smallest absolute Gasteiger partial charge is 0.143 e. The first-order valence-electron chi connectivity index (χ1n) is 11.0. The predicted octanol–water partition coefficient (Wildman–Crippen LogP) is 5.88. The fourth-order valence-corrected chi connectivity index (χ4v) is 3.99. The van der Waals surface area contributed by atoms with Gasteiger partial charge in [0, 0.05) is 25.1 Å². The quantitative estimate of drug-likeness (QED) is 0.445. The number of anilines is 1. The van der Waals surface area contributed by atoms with Gasteiger partial charge in [-0.1, -0.05) is 48.5 Å². The van der Waals surface area contributed by atoms with Crippen molar-refractivity contribution in [3.8, 4) is 22.6 Å². The highest BCUT2D eigenvalue weighted by Gasteiger charge is 2.20. The van der Waals surface area contributed by atoms with Crippen molar-refractivity contribution in [2.75, 3.05) is 31.7 Å². The zero-order chi connectivity index (χ0) is 22.2. The summed E-state index contributed by atoms with van der Waals surface area (Å²) in [6.45, 7) is 8.67. The summed E-state index contributed by atoms with van der Waals surface area (Å²) in [4.78, 5) is 2.32. The predicted molar refractivity (Wildman–Crippen MR) is 128 cm³/mol. The maximum Gasteiger partial charge on any atom is 0.143 e. The van der Waals surface area contributed by atoms with Crippen molar-refractivity contribution < 1.29 is 14.6 Å². The monoisotopic (exact) mass is 419 g/mol. The van der Waals surface area contributed by atoms with Crippen LogP contribution in [0.4, 0.5) is 5.69 Å². The second-order valence-electron chi connectivity index (χ2n) is 7.41. The lowest BCUT2D eigenvalue weighted by molar-refractivity contribution is 0.178. The molecule has 0 aliphatic heterocycles. The Morgan fingerprint density at radius 2 is 1.61 bits per heavy atom. The van der Waals surface area contributed by atoms with Crippen LogP contribution in [0.3, 0.4) is 0 Å². The first-order chi connectivity index (χ1) is 15.1. The third-order valence-electron chi connectivity index (χ3n) is 5.58. The van der Waals surface area contributed by atoms with Gasteiger partial charge in [-0.15, -0.1) is 0 Å². The van der Waals surface area contributed by atoms with E-state index < -0.39 is 6.10 Å². The van der Waals surface area contributed by atoms with Gasteiger partial charge in [-0.05, 0) is 55.7 Å². The zero-order valence-corrected chi connectivity index (χ0v) is 19.0. The number of para-hydroxylation sites is 1. The van der Waals surface area contributed by atoms with Crippen LogP contribution in [0, 0.1) is 0 Å². The maximum atomic E-state index is 10.9. The van der Waals surface area contributed by atoms with Gasteiger partial charge in [0.1, 0.15) is 11.5 Å². The summed E-state index contributed by atoms with van der Waals surface area (Å²) in [5.74, 6) is 1.67. The van der Waals surface area contributed by atoms with Crippen molar-refractivity contribution in [2.24, 2.45) is 0 Å². The Morgan fingerprint density at radius 3 is 2.26 bits per heavy atom. The van der Waals surface area contributed by atoms with E-state index >= 15 is 0 Å². The number of hydrogen-bond donors (Lipinski definition) is 1. The summed E-state index contributed by atoms with van der Waals surface area (Å²) in [6, 6.07) is 22.1. The van der Waals surface area contributed by atoms with Crippen molar-refractivity contribution in [1.29, 1.82) is 0 Å². The molecule has 1 atom stereocenters. The Kier molecular flexibility index (Phi) is 7.96. The molecule has 0 saturated carbocycles. The molecule has 4 nitrogen and oxygen atoms in total. The molecule has 3 aromatic rings. The van der Waals surface area contributed by atoms with Crippen molar-refractivity contribution in [1.82, 2.24) is 0 Å². The van der Waals surface area contributed by atoms with Gasteiger partial charge in [-0.25, -0.2) is 0 Å². The van der Waals surface area contributed by atoms with Crippen LogP contribution in [0.2, 0.25) is 0 Å². The van der Waals surface area contributed by atoms with Gasteiger partial charge < -0.3 is 19.5 Å². The lowest BCUT2D eigenvalue weighted by Gasteiger charge is -2.28. The number of rotatable bonds is 10. The van der Waals surface area contributed by atoms with Gasteiger partial charge in [0.05, 0.1) is 25.5 Å². The highest BCUT2D eigenvalue weighted by Crippen LogP contribution is 2.42. The fraction of sp³-hybridized carbons (Fsp3) is 0.333. The lowest BCUT2D eigenvalue weighted by atomic mass is 9.92. The van der Waals surface area contributed by atoms with Gasteiger partial charge in [0.2, 0.25) is 0 Å². The minimum Gasteiger partial charge on any atom is -0.497 e. The molecule has 0 saturated heterocycles. The van der Waals surface area contributed by atoms with Gasteiger partial charge in [0.15, 0.2) is 0 Å². The Hall–Kier alpha value is -2.98. The average Bonchev–Trinajstić information content (AvgIpc) is 2.81. The molecular formula is C27H33NO3. The number of methoxy groups -OCH3 is 1. The number of hydrogen-bond acceptors (Lipinski definition) is 4. The second kappa shape index (κ2) is 10.9. The van der Waals surface area contributed by atoms with Crippen molar-refractivity contribution >= 4 is 5.69 Å². The number of nitrogens with zero attached hydrogens (tertiary/aromatic N) is 1. The van der Waals surface area contributed by atoms with Crippen LogP contribution in [0.25, 0.3) is 11.1 Å². The van der Waals surface area contributed by atoms with E-state index in [-0.39, 0.29) is 0 Å². The molecule has 3 rings (SSSR count). The molecule has 3 aromatic carbocycles. The summed E-state index contributed by atoms with van der Waals surface area (Å²) in [6.07, 6.45) is -0.0693. The molecule has 4 heteroatoms. The van der Waals surface area contributed by atoms with Crippen LogP contribution in [0.1, 0.15) is 38.0 Å². The van der Waals surface area contributed by atoms with Crippen LogP contribution in [-0.2, 0) is 6.42 Å². The number of aliphatic hydroxyl groups excluding tert-OH is 1. The van der Waals surface area contributed by atoms with E-state index in [9.17, 15) is 5.11 Å². The number of benzene rings is 3. The van der Waals surface area contributed by atoms with Gasteiger partial charge in [-0.2, -0.15) is 0 Å². The SMILES string of the molecule is CCOc1cccc(-c2cc(OC)ccc2CC(O)c2ccccc2)c1N(CC)CC. The minimum absolute atomic E-state index is 0.514. The van der Waals surface area contributed by atoms with Crippen molar-refractivity contribution in [3.63, 3.8) is 0 Å². The Morgan fingerprint density at radius 1 is 0.871 bits per heavy atom. The van der Waals surface area contributed by atoms with E-state index in [0.717, 1.165) is 52.5 Å². The molecule has 164 valence electrons. The van der Waals surface area contributed by atoms with Crippen LogP contribution in [-0.4, -0.2) is 31.9 Å². The molecule has 31 heavy (non-hydrogen) atoms. The zero-order valence-electron chi connectivity index (χ0n) is 19.0. The van der Waals surface area contributed by atoms with E-state index in [1.807, 2.05) is 55.5 Å². The Bertz CT molecular complexity index is 967. The summed E-state index contributed by atoms with van der Waals surface area (Å²) >= 11 is 0. The summed E-state index contributed by atoms with van der Waals surface area (Å²) in [7, 11) is 1.68. The van der Waals surface area contributed by atoms with E-state index in [4.69, 9.17) is 9.47 Å². The molecule has 0 amide bonds. The molecule has 0 spiro atoms. The van der Waals surface area contributed by atoms with Crippen LogP contribution < -0.4 is 14.4 Å². The van der Waals surface area contributed by atoms with Crippen LogP contribution in [0.15, 0.2) is 66.7 Å². The molecule has 0 fully saturated rings. The normalized spacial score (nSPS) is 11.8. The van der Waals surface area contributed by atoms with Gasteiger partial charge in [0.25, 0.3) is 0 Å². The number of ether oxygens (including phenoxy) is 2. The van der Waals surface area contributed by atoms with Gasteiger partial charge >= 0.3 is 0 Å². The maximum absolute atomic E-state index is 10.9. The second-order valence-corrected chi connectivity index (χ2v) is 7.41. The van der Waals surface area contributed by atoms with E-state index in [1.54, 1.807) is 7.11 Å². The molecule has 0 bridgehead atoms. The van der Waals surface area contributed by atoms with Crippen molar-refractivity contribution in [3.05, 3.63) is 77.9 Å². The minimum atomic E-state index is -0.583. The highest BCUT2D eigenvalue weighted by atomic mass is 16.5. The van der Waals surface area contributed by atoms with Crippen LogP contribution in [0.5, 0.6) is 11.5 Å². The average molecular weight is 420 g/mol. The molecule has 1 unspecified atom stereocenters. The first kappa shape index (κ1) is 22.7. The summed E-state index contributed by atoms with van der Waals surface area (Å²) in [5, 5.41) is 10.9. The summed E-state index contributed by atoms with van der Waals surface area (Å²) < 4.78 is 11.6. The number of aliphatic hydroxyl groups is 1.